The largest absolute Gasteiger partial charge is 0.480 e. The molecular formula is C12H13ClN2O5S. The summed E-state index contributed by atoms with van der Waals surface area (Å²) in [6, 6.07) is 2.35. The number of nitrogens with zero attached hydrogens (tertiary/aromatic N) is 1. The standard InChI is InChI=1S/C12H13ClN2O5S/c1-21-5-4-10(12(17)18)14-11(16)8-3-2-7(15(19)20)6-9(8)13/h2-3,6,10H,4-5H2,1H3,(H,14,16)(H,17,18). The van der Waals surface area contributed by atoms with Crippen molar-refractivity contribution in [1.29, 1.82) is 0 Å². The molecule has 0 fully saturated rings. The second-order valence-corrected chi connectivity index (χ2v) is 5.46. The lowest BCUT2D eigenvalue weighted by molar-refractivity contribution is -0.384. The minimum atomic E-state index is -1.14. The van der Waals surface area contributed by atoms with Crippen molar-refractivity contribution in [3.63, 3.8) is 0 Å². The highest BCUT2D eigenvalue weighted by molar-refractivity contribution is 7.98. The van der Waals surface area contributed by atoms with Crippen LogP contribution in [0.1, 0.15) is 16.8 Å². The average Bonchev–Trinajstić information content (AvgIpc) is 2.42. The van der Waals surface area contributed by atoms with Gasteiger partial charge < -0.3 is 10.4 Å². The molecule has 0 aliphatic heterocycles. The molecule has 0 aliphatic carbocycles. The van der Waals surface area contributed by atoms with Crippen LogP contribution >= 0.6 is 23.4 Å². The van der Waals surface area contributed by atoms with Gasteiger partial charge in [0, 0.05) is 12.1 Å². The Kier molecular flexibility index (Phi) is 6.44. The number of hydrogen-bond donors (Lipinski definition) is 2. The highest BCUT2D eigenvalue weighted by Gasteiger charge is 2.22. The van der Waals surface area contributed by atoms with E-state index in [9.17, 15) is 19.7 Å². The first-order valence-corrected chi connectivity index (χ1v) is 7.60. The summed E-state index contributed by atoms with van der Waals surface area (Å²) >= 11 is 7.28. The predicted molar refractivity (Wildman–Crippen MR) is 80.0 cm³/mol. The first-order valence-electron chi connectivity index (χ1n) is 5.83. The molecule has 1 unspecified atom stereocenters. The van der Waals surface area contributed by atoms with Crippen molar-refractivity contribution in [1.82, 2.24) is 5.32 Å². The quantitative estimate of drug-likeness (QED) is 0.585. The number of carboxylic acids is 1. The van der Waals surface area contributed by atoms with E-state index in [2.05, 4.69) is 5.32 Å². The van der Waals surface area contributed by atoms with Crippen molar-refractivity contribution in [2.45, 2.75) is 12.5 Å². The third-order valence-corrected chi connectivity index (χ3v) is 3.58. The number of aliphatic carboxylic acids is 1. The number of nitro groups is 1. The summed E-state index contributed by atoms with van der Waals surface area (Å²) in [5, 5.41) is 21.9. The maximum absolute atomic E-state index is 12.0. The Morgan fingerprint density at radius 3 is 2.67 bits per heavy atom. The molecule has 1 aromatic rings. The lowest BCUT2D eigenvalue weighted by Gasteiger charge is -2.14. The first kappa shape index (κ1) is 17.3. The Morgan fingerprint density at radius 2 is 2.19 bits per heavy atom. The minimum absolute atomic E-state index is 0.00216. The number of benzene rings is 1. The SMILES string of the molecule is CSCCC(NC(=O)c1ccc([N+](=O)[O-])cc1Cl)C(=O)O. The molecule has 0 radical (unpaired) electrons. The number of nitrogens with one attached hydrogen (secondary N) is 1. The third-order valence-electron chi connectivity index (χ3n) is 2.62. The van der Waals surface area contributed by atoms with Crippen LogP contribution in [0.2, 0.25) is 5.02 Å². The van der Waals surface area contributed by atoms with E-state index in [1.54, 1.807) is 0 Å². The van der Waals surface area contributed by atoms with E-state index in [4.69, 9.17) is 16.7 Å². The maximum Gasteiger partial charge on any atom is 0.326 e. The lowest BCUT2D eigenvalue weighted by Crippen LogP contribution is -2.41. The van der Waals surface area contributed by atoms with E-state index in [1.807, 2.05) is 6.26 Å². The van der Waals surface area contributed by atoms with Gasteiger partial charge in [-0.05, 0) is 24.5 Å². The van der Waals surface area contributed by atoms with Crippen LogP contribution in [-0.4, -0.2) is 40.0 Å². The molecule has 1 atom stereocenters. The van der Waals surface area contributed by atoms with Gasteiger partial charge in [0.25, 0.3) is 11.6 Å². The Balaban J connectivity index is 2.87. The Hall–Kier alpha value is -1.80. The number of thioether (sulfide) groups is 1. The third kappa shape index (κ3) is 4.91. The average molecular weight is 333 g/mol. The molecule has 21 heavy (non-hydrogen) atoms. The van der Waals surface area contributed by atoms with Gasteiger partial charge in [0.2, 0.25) is 0 Å². The summed E-state index contributed by atoms with van der Waals surface area (Å²) in [5.41, 5.74) is -0.244. The molecule has 1 amide bonds. The number of non-ortho nitro benzene ring substituents is 1. The molecule has 0 spiro atoms. The Labute approximate surface area is 129 Å². The van der Waals surface area contributed by atoms with Crippen molar-refractivity contribution in [3.8, 4) is 0 Å². The van der Waals surface area contributed by atoms with Gasteiger partial charge in [0.1, 0.15) is 6.04 Å². The summed E-state index contributed by atoms with van der Waals surface area (Å²) in [6.45, 7) is 0. The van der Waals surface area contributed by atoms with Crippen LogP contribution in [0.3, 0.4) is 0 Å². The fourth-order valence-electron chi connectivity index (χ4n) is 1.53. The predicted octanol–water partition coefficient (Wildman–Crippen LogP) is 2.18. The molecule has 2 N–H and O–H groups in total. The minimum Gasteiger partial charge on any atom is -0.480 e. The maximum atomic E-state index is 12.0. The van der Waals surface area contributed by atoms with Gasteiger partial charge in [-0.1, -0.05) is 11.6 Å². The molecule has 9 heteroatoms. The van der Waals surface area contributed by atoms with Gasteiger partial charge in [0.05, 0.1) is 15.5 Å². The van der Waals surface area contributed by atoms with Gasteiger partial charge in [-0.15, -0.1) is 0 Å². The molecule has 1 rings (SSSR count). The highest BCUT2D eigenvalue weighted by atomic mass is 35.5. The van der Waals surface area contributed by atoms with E-state index >= 15 is 0 Å². The van der Waals surface area contributed by atoms with Gasteiger partial charge in [-0.25, -0.2) is 4.79 Å². The smallest absolute Gasteiger partial charge is 0.326 e. The zero-order valence-corrected chi connectivity index (χ0v) is 12.6. The van der Waals surface area contributed by atoms with Crippen molar-refractivity contribution < 1.29 is 19.6 Å². The van der Waals surface area contributed by atoms with Crippen LogP contribution in [-0.2, 0) is 4.79 Å². The normalized spacial score (nSPS) is 11.7. The van der Waals surface area contributed by atoms with Gasteiger partial charge >= 0.3 is 5.97 Å². The van der Waals surface area contributed by atoms with Crippen LogP contribution < -0.4 is 5.32 Å². The second kappa shape index (κ2) is 7.84. The Morgan fingerprint density at radius 1 is 1.52 bits per heavy atom. The van der Waals surface area contributed by atoms with Crippen LogP contribution in [0.4, 0.5) is 5.69 Å². The number of hydrogen-bond acceptors (Lipinski definition) is 5. The van der Waals surface area contributed by atoms with E-state index in [0.717, 1.165) is 12.1 Å². The molecule has 0 saturated heterocycles. The summed E-state index contributed by atoms with van der Waals surface area (Å²) < 4.78 is 0. The van der Waals surface area contributed by atoms with E-state index in [0.29, 0.717) is 5.75 Å². The number of halogens is 1. The zero-order chi connectivity index (χ0) is 16.0. The van der Waals surface area contributed by atoms with Crippen LogP contribution in [0.5, 0.6) is 0 Å². The van der Waals surface area contributed by atoms with Crippen molar-refractivity contribution in [3.05, 3.63) is 38.9 Å². The summed E-state index contributed by atoms with van der Waals surface area (Å²) in [5.74, 6) is -1.25. The highest BCUT2D eigenvalue weighted by Crippen LogP contribution is 2.22. The number of amides is 1. The number of carbonyl (C=O) groups is 2. The fraction of sp³-hybridized carbons (Fsp3) is 0.333. The molecule has 0 aromatic heterocycles. The van der Waals surface area contributed by atoms with Gasteiger partial charge in [-0.2, -0.15) is 11.8 Å². The fourth-order valence-corrected chi connectivity index (χ4v) is 2.26. The molecule has 0 saturated carbocycles. The molecule has 0 aliphatic rings. The van der Waals surface area contributed by atoms with Gasteiger partial charge in [0.15, 0.2) is 0 Å². The second-order valence-electron chi connectivity index (χ2n) is 4.07. The van der Waals surface area contributed by atoms with E-state index < -0.39 is 22.8 Å². The Bertz CT molecular complexity index is 567. The first-order chi connectivity index (χ1) is 9.86. The van der Waals surface area contributed by atoms with E-state index in [1.165, 1.54) is 17.8 Å². The number of nitro benzene ring substituents is 1. The summed E-state index contributed by atoms with van der Waals surface area (Å²) in [4.78, 5) is 33.0. The summed E-state index contributed by atoms with van der Waals surface area (Å²) in [7, 11) is 0. The van der Waals surface area contributed by atoms with Crippen LogP contribution in [0, 0.1) is 10.1 Å². The van der Waals surface area contributed by atoms with Gasteiger partial charge in [-0.3, -0.25) is 14.9 Å². The van der Waals surface area contributed by atoms with Crippen molar-refractivity contribution in [2.24, 2.45) is 0 Å². The summed E-state index contributed by atoms with van der Waals surface area (Å²) in [6.07, 6.45) is 2.10. The van der Waals surface area contributed by atoms with Crippen LogP contribution in [0.15, 0.2) is 18.2 Å². The number of rotatable bonds is 7. The molecule has 0 heterocycles. The topological polar surface area (TPSA) is 110 Å². The van der Waals surface area contributed by atoms with Crippen molar-refractivity contribution >= 4 is 40.9 Å². The van der Waals surface area contributed by atoms with Crippen molar-refractivity contribution in [2.75, 3.05) is 12.0 Å². The van der Waals surface area contributed by atoms with E-state index in [-0.39, 0.29) is 22.7 Å². The number of carboxylic acid groups (broad SMARTS) is 1. The lowest BCUT2D eigenvalue weighted by atomic mass is 10.1. The zero-order valence-electron chi connectivity index (χ0n) is 11.0. The molecule has 1 aromatic carbocycles. The molecular weight excluding hydrogens is 320 g/mol. The molecule has 7 nitrogen and oxygen atoms in total. The van der Waals surface area contributed by atoms with Crippen LogP contribution in [0.25, 0.3) is 0 Å². The molecule has 0 bridgehead atoms. The monoisotopic (exact) mass is 332 g/mol. The number of carbonyl (C=O) groups excluding carboxylic acids is 1. The molecule has 114 valence electrons.